The van der Waals surface area contributed by atoms with Gasteiger partial charge < -0.3 is 11.1 Å². The first kappa shape index (κ1) is 12.5. The lowest BCUT2D eigenvalue weighted by Crippen LogP contribution is -2.43. The second kappa shape index (κ2) is 5.21. The zero-order valence-corrected chi connectivity index (χ0v) is 11.1. The Kier molecular flexibility index (Phi) is 3.42. The zero-order valence-electron chi connectivity index (χ0n) is 11.1. The molecule has 102 valence electrons. The summed E-state index contributed by atoms with van der Waals surface area (Å²) in [6.07, 6.45) is 5.24. The van der Waals surface area contributed by atoms with Crippen molar-refractivity contribution in [1.29, 1.82) is 0 Å². The first-order chi connectivity index (χ1) is 9.24. The van der Waals surface area contributed by atoms with Gasteiger partial charge in [-0.2, -0.15) is 0 Å². The Morgan fingerprint density at radius 2 is 2.11 bits per heavy atom. The van der Waals surface area contributed by atoms with Crippen LogP contribution in [-0.4, -0.2) is 18.5 Å². The number of nitrogens with one attached hydrogen (secondary N) is 2. The van der Waals surface area contributed by atoms with Crippen LogP contribution >= 0.6 is 0 Å². The molecule has 3 rings (SSSR count). The van der Waals surface area contributed by atoms with Crippen molar-refractivity contribution in [2.45, 2.75) is 44.2 Å². The lowest BCUT2D eigenvalue weighted by Gasteiger charge is -2.21. The molecular weight excluding hydrogens is 238 g/mol. The molecule has 1 aromatic rings. The van der Waals surface area contributed by atoms with Crippen molar-refractivity contribution >= 4 is 11.6 Å². The third-order valence-electron chi connectivity index (χ3n) is 4.18. The number of hydrogen-bond donors (Lipinski definition) is 3. The summed E-state index contributed by atoms with van der Waals surface area (Å²) in [4.78, 5) is 12.0. The molecule has 19 heavy (non-hydrogen) atoms. The number of amides is 1. The SMILES string of the molecule is Nc1ccc2c(c1)CCC2NC1CCCCNC1=O. The van der Waals surface area contributed by atoms with Crippen molar-refractivity contribution in [2.75, 3.05) is 12.3 Å². The average Bonchev–Trinajstić information content (AvgIpc) is 2.67. The van der Waals surface area contributed by atoms with Gasteiger partial charge in [0.1, 0.15) is 0 Å². The predicted molar refractivity (Wildman–Crippen MR) is 75.7 cm³/mol. The molecule has 0 saturated carbocycles. The molecule has 2 unspecified atom stereocenters. The first-order valence-corrected chi connectivity index (χ1v) is 7.16. The fourth-order valence-corrected chi connectivity index (χ4v) is 3.15. The Morgan fingerprint density at radius 3 is 3.00 bits per heavy atom. The van der Waals surface area contributed by atoms with Crippen molar-refractivity contribution in [2.24, 2.45) is 0 Å². The van der Waals surface area contributed by atoms with Crippen LogP contribution in [0.1, 0.15) is 42.9 Å². The van der Waals surface area contributed by atoms with Gasteiger partial charge in [0.25, 0.3) is 0 Å². The minimum Gasteiger partial charge on any atom is -0.399 e. The van der Waals surface area contributed by atoms with Crippen LogP contribution in [-0.2, 0) is 11.2 Å². The molecule has 4 heteroatoms. The number of aryl methyl sites for hydroxylation is 1. The van der Waals surface area contributed by atoms with Gasteiger partial charge in [-0.05, 0) is 55.4 Å². The highest BCUT2D eigenvalue weighted by Gasteiger charge is 2.28. The monoisotopic (exact) mass is 259 g/mol. The molecule has 0 radical (unpaired) electrons. The summed E-state index contributed by atoms with van der Waals surface area (Å²) in [5, 5.41) is 6.51. The molecule has 4 nitrogen and oxygen atoms in total. The van der Waals surface area contributed by atoms with Crippen LogP contribution in [0.15, 0.2) is 18.2 Å². The molecule has 1 aromatic carbocycles. The van der Waals surface area contributed by atoms with Crippen molar-refractivity contribution in [3.8, 4) is 0 Å². The van der Waals surface area contributed by atoms with Crippen LogP contribution in [0, 0.1) is 0 Å². The topological polar surface area (TPSA) is 67.2 Å². The van der Waals surface area contributed by atoms with E-state index in [4.69, 9.17) is 5.73 Å². The molecule has 1 amide bonds. The van der Waals surface area contributed by atoms with E-state index < -0.39 is 0 Å². The fourth-order valence-electron chi connectivity index (χ4n) is 3.15. The molecule has 2 aliphatic rings. The smallest absolute Gasteiger partial charge is 0.237 e. The third-order valence-corrected chi connectivity index (χ3v) is 4.18. The van der Waals surface area contributed by atoms with E-state index in [2.05, 4.69) is 22.8 Å². The summed E-state index contributed by atoms with van der Waals surface area (Å²) in [5.41, 5.74) is 9.28. The zero-order chi connectivity index (χ0) is 13.2. The van der Waals surface area contributed by atoms with Crippen molar-refractivity contribution in [3.05, 3.63) is 29.3 Å². The average molecular weight is 259 g/mol. The Labute approximate surface area is 113 Å². The van der Waals surface area contributed by atoms with E-state index >= 15 is 0 Å². The number of nitrogen functional groups attached to an aromatic ring is 1. The summed E-state index contributed by atoms with van der Waals surface area (Å²) < 4.78 is 0. The van der Waals surface area contributed by atoms with E-state index in [1.54, 1.807) is 0 Å². The maximum Gasteiger partial charge on any atom is 0.237 e. The predicted octanol–water partition coefficient (Wildman–Crippen LogP) is 1.51. The Hall–Kier alpha value is -1.55. The largest absolute Gasteiger partial charge is 0.399 e. The third kappa shape index (κ3) is 2.59. The number of carbonyl (C=O) groups is 1. The number of benzene rings is 1. The lowest BCUT2D eigenvalue weighted by molar-refractivity contribution is -0.123. The minimum atomic E-state index is -0.0454. The van der Waals surface area contributed by atoms with E-state index in [-0.39, 0.29) is 11.9 Å². The number of carbonyl (C=O) groups excluding carboxylic acids is 1. The van der Waals surface area contributed by atoms with Gasteiger partial charge in [-0.25, -0.2) is 0 Å². The standard InChI is InChI=1S/C15H21N3O/c16-11-5-6-12-10(9-11)4-7-13(12)18-14-3-1-2-8-17-15(14)19/h5-6,9,13-14,18H,1-4,7-8,16H2,(H,17,19). The van der Waals surface area contributed by atoms with E-state index in [1.807, 2.05) is 6.07 Å². The normalized spacial score (nSPS) is 26.6. The molecule has 1 saturated heterocycles. The highest BCUT2D eigenvalue weighted by atomic mass is 16.2. The Bertz CT molecular complexity index is 486. The molecule has 0 spiro atoms. The van der Waals surface area contributed by atoms with Gasteiger partial charge in [-0.15, -0.1) is 0 Å². The summed E-state index contributed by atoms with van der Waals surface area (Å²) >= 11 is 0. The number of rotatable bonds is 2. The quantitative estimate of drug-likeness (QED) is 0.705. The maximum atomic E-state index is 12.0. The van der Waals surface area contributed by atoms with Gasteiger partial charge in [-0.3, -0.25) is 10.1 Å². The number of hydrogen-bond acceptors (Lipinski definition) is 3. The van der Waals surface area contributed by atoms with Gasteiger partial charge >= 0.3 is 0 Å². The number of fused-ring (bicyclic) bond motifs is 1. The van der Waals surface area contributed by atoms with Crippen LogP contribution in [0.25, 0.3) is 0 Å². The van der Waals surface area contributed by atoms with Crippen LogP contribution in [0.3, 0.4) is 0 Å². The van der Waals surface area contributed by atoms with Gasteiger partial charge in [0, 0.05) is 18.3 Å². The van der Waals surface area contributed by atoms with E-state index in [0.29, 0.717) is 6.04 Å². The number of nitrogens with two attached hydrogens (primary N) is 1. The minimum absolute atomic E-state index is 0.0454. The van der Waals surface area contributed by atoms with Gasteiger partial charge in [-0.1, -0.05) is 6.07 Å². The van der Waals surface area contributed by atoms with Crippen molar-refractivity contribution < 1.29 is 4.79 Å². The van der Waals surface area contributed by atoms with Crippen molar-refractivity contribution in [1.82, 2.24) is 10.6 Å². The Balaban J connectivity index is 1.73. The molecule has 1 heterocycles. The van der Waals surface area contributed by atoms with Crippen LogP contribution in [0.2, 0.25) is 0 Å². The summed E-state index contributed by atoms with van der Waals surface area (Å²) in [7, 11) is 0. The molecule has 1 aliphatic carbocycles. The fraction of sp³-hybridized carbons (Fsp3) is 0.533. The van der Waals surface area contributed by atoms with Crippen molar-refractivity contribution in [3.63, 3.8) is 0 Å². The summed E-state index contributed by atoms with van der Waals surface area (Å²) in [5.74, 6) is 0.154. The maximum absolute atomic E-state index is 12.0. The molecular formula is C15H21N3O. The summed E-state index contributed by atoms with van der Waals surface area (Å²) in [6, 6.07) is 6.36. The number of anilines is 1. The van der Waals surface area contributed by atoms with E-state index in [9.17, 15) is 4.79 Å². The van der Waals surface area contributed by atoms with Crippen LogP contribution in [0.5, 0.6) is 0 Å². The molecule has 2 atom stereocenters. The highest BCUT2D eigenvalue weighted by molar-refractivity contribution is 5.82. The second-order valence-electron chi connectivity index (χ2n) is 5.56. The van der Waals surface area contributed by atoms with E-state index in [1.165, 1.54) is 11.1 Å². The molecule has 0 bridgehead atoms. The molecule has 1 fully saturated rings. The Morgan fingerprint density at radius 1 is 1.21 bits per heavy atom. The van der Waals surface area contributed by atoms with Gasteiger partial charge in [0.15, 0.2) is 0 Å². The summed E-state index contributed by atoms with van der Waals surface area (Å²) in [6.45, 7) is 0.814. The van der Waals surface area contributed by atoms with Gasteiger partial charge in [0.2, 0.25) is 5.91 Å². The second-order valence-corrected chi connectivity index (χ2v) is 5.56. The van der Waals surface area contributed by atoms with Crippen LogP contribution in [0.4, 0.5) is 5.69 Å². The molecule has 1 aliphatic heterocycles. The first-order valence-electron chi connectivity index (χ1n) is 7.16. The lowest BCUT2D eigenvalue weighted by atomic mass is 10.0. The molecule has 4 N–H and O–H groups in total. The van der Waals surface area contributed by atoms with Gasteiger partial charge in [0.05, 0.1) is 6.04 Å². The van der Waals surface area contributed by atoms with E-state index in [0.717, 1.165) is 44.3 Å². The molecule has 0 aromatic heterocycles. The highest BCUT2D eigenvalue weighted by Crippen LogP contribution is 2.33. The van der Waals surface area contributed by atoms with Crippen LogP contribution < -0.4 is 16.4 Å².